The second-order valence-electron chi connectivity index (χ2n) is 5.27. The summed E-state index contributed by atoms with van der Waals surface area (Å²) in [6, 6.07) is 9.07. The smallest absolute Gasteiger partial charge is 0.142 e. The molecule has 0 atom stereocenters. The monoisotopic (exact) mass is 297 g/mol. The zero-order chi connectivity index (χ0) is 15.4. The summed E-state index contributed by atoms with van der Waals surface area (Å²) in [5.74, 6) is 0.541. The van der Waals surface area contributed by atoms with Gasteiger partial charge in [0.15, 0.2) is 0 Å². The minimum Gasteiger partial charge on any atom is -0.354 e. The van der Waals surface area contributed by atoms with Crippen LogP contribution in [0.15, 0.2) is 36.7 Å². The van der Waals surface area contributed by atoms with E-state index in [0.29, 0.717) is 12.2 Å². The maximum atomic E-state index is 13.2. The lowest BCUT2D eigenvalue weighted by atomic mass is 10.2. The van der Waals surface area contributed by atoms with Crippen molar-refractivity contribution in [3.05, 3.63) is 53.7 Å². The predicted molar refractivity (Wildman–Crippen MR) is 80.6 cm³/mol. The van der Waals surface area contributed by atoms with Crippen LogP contribution in [-0.2, 0) is 6.54 Å². The van der Waals surface area contributed by atoms with Crippen LogP contribution in [0.2, 0.25) is 0 Å². The van der Waals surface area contributed by atoms with Crippen molar-refractivity contribution in [1.29, 1.82) is 5.26 Å². The maximum Gasteiger partial charge on any atom is 0.142 e. The van der Waals surface area contributed by atoms with E-state index in [4.69, 9.17) is 5.26 Å². The van der Waals surface area contributed by atoms with E-state index in [1.165, 1.54) is 12.3 Å². The van der Waals surface area contributed by atoms with Gasteiger partial charge in [-0.15, -0.1) is 0 Å². The molecule has 0 N–H and O–H groups in total. The van der Waals surface area contributed by atoms with Crippen LogP contribution in [0.25, 0.3) is 0 Å². The first kappa shape index (κ1) is 14.4. The number of anilines is 1. The Morgan fingerprint density at radius 2 is 2.00 bits per heavy atom. The number of rotatable bonds is 3. The van der Waals surface area contributed by atoms with Gasteiger partial charge >= 0.3 is 0 Å². The van der Waals surface area contributed by atoms with Crippen LogP contribution in [0, 0.1) is 17.1 Å². The van der Waals surface area contributed by atoms with Crippen molar-refractivity contribution in [1.82, 2.24) is 14.9 Å². The summed E-state index contributed by atoms with van der Waals surface area (Å²) in [5.41, 5.74) is 1.32. The molecule has 6 heteroatoms. The van der Waals surface area contributed by atoms with Crippen LogP contribution in [0.3, 0.4) is 0 Å². The molecular formula is C16H16FN5. The Hall–Kier alpha value is -2.52. The van der Waals surface area contributed by atoms with Crippen molar-refractivity contribution in [2.24, 2.45) is 0 Å². The molecule has 3 rings (SSSR count). The number of halogens is 1. The van der Waals surface area contributed by atoms with E-state index in [0.717, 1.165) is 37.6 Å². The summed E-state index contributed by atoms with van der Waals surface area (Å²) < 4.78 is 13.2. The van der Waals surface area contributed by atoms with E-state index in [9.17, 15) is 4.39 Å². The first-order valence-electron chi connectivity index (χ1n) is 7.18. The van der Waals surface area contributed by atoms with Crippen LogP contribution >= 0.6 is 0 Å². The van der Waals surface area contributed by atoms with E-state index >= 15 is 0 Å². The number of nitriles is 1. The van der Waals surface area contributed by atoms with Crippen LogP contribution in [-0.4, -0.2) is 41.0 Å². The van der Waals surface area contributed by atoms with Gasteiger partial charge in [0.25, 0.3) is 0 Å². The fourth-order valence-corrected chi connectivity index (χ4v) is 2.60. The average molecular weight is 297 g/mol. The molecule has 1 fully saturated rings. The van der Waals surface area contributed by atoms with Gasteiger partial charge in [0, 0.05) is 38.9 Å². The van der Waals surface area contributed by atoms with Crippen molar-refractivity contribution in [3.63, 3.8) is 0 Å². The second-order valence-corrected chi connectivity index (χ2v) is 5.27. The van der Waals surface area contributed by atoms with E-state index in [1.807, 2.05) is 12.1 Å². The molecule has 0 saturated carbocycles. The molecule has 112 valence electrons. The molecule has 2 aromatic heterocycles. The molecule has 1 aliphatic rings. The Kier molecular flexibility index (Phi) is 4.26. The molecule has 1 saturated heterocycles. The number of pyridine rings is 2. The summed E-state index contributed by atoms with van der Waals surface area (Å²) in [7, 11) is 0. The lowest BCUT2D eigenvalue weighted by Crippen LogP contribution is -2.46. The molecule has 0 unspecified atom stereocenters. The van der Waals surface area contributed by atoms with E-state index in [1.54, 1.807) is 12.3 Å². The predicted octanol–water partition coefficient (Wildman–Crippen LogP) is 1.81. The van der Waals surface area contributed by atoms with Crippen molar-refractivity contribution in [2.45, 2.75) is 6.54 Å². The largest absolute Gasteiger partial charge is 0.354 e. The third-order valence-electron chi connectivity index (χ3n) is 3.71. The lowest BCUT2D eigenvalue weighted by Gasteiger charge is -2.35. The molecule has 0 spiro atoms. The van der Waals surface area contributed by atoms with Crippen LogP contribution in [0.4, 0.5) is 10.2 Å². The van der Waals surface area contributed by atoms with E-state index in [2.05, 4.69) is 25.8 Å². The highest BCUT2D eigenvalue weighted by molar-refractivity contribution is 5.42. The zero-order valence-corrected chi connectivity index (χ0v) is 12.1. The highest BCUT2D eigenvalue weighted by Crippen LogP contribution is 2.15. The third kappa shape index (κ3) is 3.38. The van der Waals surface area contributed by atoms with Crippen molar-refractivity contribution in [3.8, 4) is 6.07 Å². The quantitative estimate of drug-likeness (QED) is 0.865. The molecular weight excluding hydrogens is 281 g/mol. The molecule has 22 heavy (non-hydrogen) atoms. The highest BCUT2D eigenvalue weighted by Gasteiger charge is 2.18. The summed E-state index contributed by atoms with van der Waals surface area (Å²) in [6.07, 6.45) is 2.92. The molecule has 1 aliphatic heterocycles. The van der Waals surface area contributed by atoms with Crippen LogP contribution in [0.5, 0.6) is 0 Å². The van der Waals surface area contributed by atoms with Gasteiger partial charge in [-0.3, -0.25) is 9.88 Å². The summed E-state index contributed by atoms with van der Waals surface area (Å²) >= 11 is 0. The molecule has 0 amide bonds. The molecule has 0 aromatic carbocycles. The Morgan fingerprint density at radius 3 is 2.73 bits per heavy atom. The van der Waals surface area contributed by atoms with Gasteiger partial charge in [0.1, 0.15) is 23.4 Å². The molecule has 2 aromatic rings. The number of piperazine rings is 1. The van der Waals surface area contributed by atoms with Crippen molar-refractivity contribution < 1.29 is 4.39 Å². The third-order valence-corrected chi connectivity index (χ3v) is 3.71. The van der Waals surface area contributed by atoms with Gasteiger partial charge in [-0.25, -0.2) is 9.37 Å². The minimum absolute atomic E-state index is 0.298. The Labute approximate surface area is 128 Å². The fourth-order valence-electron chi connectivity index (χ4n) is 2.60. The van der Waals surface area contributed by atoms with E-state index < -0.39 is 0 Å². The summed E-state index contributed by atoms with van der Waals surface area (Å²) in [5, 5.41) is 8.91. The van der Waals surface area contributed by atoms with Gasteiger partial charge in [-0.1, -0.05) is 6.07 Å². The highest BCUT2D eigenvalue weighted by atomic mass is 19.1. The van der Waals surface area contributed by atoms with Crippen LogP contribution in [0.1, 0.15) is 11.3 Å². The Bertz CT molecular complexity index is 689. The van der Waals surface area contributed by atoms with E-state index in [-0.39, 0.29) is 5.82 Å². The number of hydrogen-bond donors (Lipinski definition) is 0. The van der Waals surface area contributed by atoms with Crippen molar-refractivity contribution >= 4 is 5.82 Å². The Morgan fingerprint density at radius 1 is 1.18 bits per heavy atom. The van der Waals surface area contributed by atoms with Gasteiger partial charge < -0.3 is 4.90 Å². The zero-order valence-electron chi connectivity index (χ0n) is 12.1. The maximum absolute atomic E-state index is 13.2. The second kappa shape index (κ2) is 6.50. The fraction of sp³-hybridized carbons (Fsp3) is 0.312. The minimum atomic E-state index is -0.298. The number of aromatic nitrogens is 2. The van der Waals surface area contributed by atoms with Crippen LogP contribution < -0.4 is 4.90 Å². The number of nitrogens with zero attached hydrogens (tertiary/aromatic N) is 5. The lowest BCUT2D eigenvalue weighted by molar-refractivity contribution is 0.248. The Balaban J connectivity index is 1.59. The van der Waals surface area contributed by atoms with Gasteiger partial charge in [-0.2, -0.15) is 5.26 Å². The summed E-state index contributed by atoms with van der Waals surface area (Å²) in [4.78, 5) is 12.6. The van der Waals surface area contributed by atoms with Crippen molar-refractivity contribution in [2.75, 3.05) is 31.1 Å². The molecule has 3 heterocycles. The van der Waals surface area contributed by atoms with Gasteiger partial charge in [-0.05, 0) is 23.8 Å². The summed E-state index contributed by atoms with van der Waals surface area (Å²) in [6.45, 7) is 4.11. The SMILES string of the molecule is N#Cc1cccc(N2CCN(Cc3cncc(F)c3)CC2)n1. The van der Waals surface area contributed by atoms with Gasteiger partial charge in [0.05, 0.1) is 6.20 Å². The topological polar surface area (TPSA) is 56.1 Å². The molecule has 0 bridgehead atoms. The van der Waals surface area contributed by atoms with Gasteiger partial charge in [0.2, 0.25) is 0 Å². The standard InChI is InChI=1S/C16H16FN5/c17-14-8-13(10-19-11-14)12-21-4-6-22(7-5-21)16-3-1-2-15(9-18)20-16/h1-3,8,10-11H,4-7,12H2. The molecule has 0 aliphatic carbocycles. The molecule has 5 nitrogen and oxygen atoms in total. The number of hydrogen-bond acceptors (Lipinski definition) is 5. The first-order chi connectivity index (χ1) is 10.7. The first-order valence-corrected chi connectivity index (χ1v) is 7.18. The molecule has 0 radical (unpaired) electrons. The average Bonchev–Trinajstić information content (AvgIpc) is 2.56. The normalized spacial score (nSPS) is 15.5.